The van der Waals surface area contributed by atoms with Gasteiger partial charge in [-0.25, -0.2) is 4.79 Å². The molecular weight excluding hydrogens is 1050 g/mol. The van der Waals surface area contributed by atoms with Crippen molar-refractivity contribution >= 4 is 29.7 Å². The van der Waals surface area contributed by atoms with Crippen LogP contribution in [0.25, 0.3) is 0 Å². The summed E-state index contributed by atoms with van der Waals surface area (Å²) in [6.45, 7) is 13.9. The number of hydrogen-bond donors (Lipinski definition) is 5. The number of hydrogen-bond acceptors (Lipinski definition) is 23. The summed E-state index contributed by atoms with van der Waals surface area (Å²) in [6, 6.07) is -4.14. The van der Waals surface area contributed by atoms with Gasteiger partial charge in [-0.1, -0.05) is 0 Å². The molecule has 20 atom stereocenters. The number of carboxylic acids is 1. The molecule has 8 aliphatic rings. The zero-order chi connectivity index (χ0) is 56.9. The van der Waals surface area contributed by atoms with E-state index < -0.39 is 194 Å². The summed E-state index contributed by atoms with van der Waals surface area (Å²) in [5.74, 6) is -9.11. The van der Waals surface area contributed by atoms with Crippen molar-refractivity contribution in [2.24, 2.45) is 5.73 Å². The van der Waals surface area contributed by atoms with Crippen molar-refractivity contribution in [2.75, 3.05) is 35.5 Å². The Morgan fingerprint density at radius 2 is 0.740 bits per heavy atom. The minimum atomic E-state index is -5.08. The van der Waals surface area contributed by atoms with Crippen LogP contribution in [0.2, 0.25) is 0 Å². The third-order valence-corrected chi connectivity index (χ3v) is 13.9. The molecule has 3 amide bonds. The number of alkyl halides is 3. The van der Waals surface area contributed by atoms with E-state index in [4.69, 9.17) is 96.2 Å². The van der Waals surface area contributed by atoms with Gasteiger partial charge in [0.15, 0.2) is 48.3 Å². The zero-order valence-electron chi connectivity index (χ0n) is 45.0. The average Bonchev–Trinajstić information content (AvgIpc) is 4.19. The van der Waals surface area contributed by atoms with E-state index in [2.05, 4.69) is 16.0 Å². The molecule has 8 heterocycles. The van der Waals surface area contributed by atoms with Crippen LogP contribution in [0, 0.1) is 0 Å². The predicted octanol–water partition coefficient (Wildman–Crippen LogP) is -0.300. The lowest BCUT2D eigenvalue weighted by atomic mass is 9.96. The van der Waals surface area contributed by atoms with Crippen molar-refractivity contribution in [3.05, 3.63) is 0 Å². The first-order valence-corrected chi connectivity index (χ1v) is 25.0. The lowest BCUT2D eigenvalue weighted by molar-refractivity contribution is -0.221. The first-order chi connectivity index (χ1) is 35.8. The maximum atomic E-state index is 14.6. The number of methoxy groups -OCH3 is 5. The third kappa shape index (κ3) is 14.0. The number of rotatable bonds is 19. The number of nitrogens with one attached hydrogen (secondary N) is 3. The van der Waals surface area contributed by atoms with Crippen molar-refractivity contribution < 1.29 is 123 Å². The number of amides is 3. The highest BCUT2D eigenvalue weighted by Gasteiger charge is 2.61. The van der Waals surface area contributed by atoms with Crippen molar-refractivity contribution in [1.29, 1.82) is 0 Å². The van der Waals surface area contributed by atoms with E-state index in [1.165, 1.54) is 35.5 Å². The minimum Gasteiger partial charge on any atom is -0.475 e. The van der Waals surface area contributed by atoms with Crippen LogP contribution in [0.3, 0.4) is 0 Å². The molecule has 0 saturated carbocycles. The van der Waals surface area contributed by atoms with Gasteiger partial charge in [0, 0.05) is 53.7 Å². The summed E-state index contributed by atoms with van der Waals surface area (Å²) in [7, 11) is 7.10. The number of esters is 1. The molecular formula is C47H73F3N4O23. The second kappa shape index (κ2) is 23.5. The lowest BCUT2D eigenvalue weighted by Gasteiger charge is -2.34. The lowest BCUT2D eigenvalue weighted by Crippen LogP contribution is -2.57. The molecule has 27 nitrogen and oxygen atoms in total. The largest absolute Gasteiger partial charge is 0.490 e. The number of carboxylic acid groups (broad SMARTS) is 1. The van der Waals surface area contributed by atoms with Crippen LogP contribution in [0.1, 0.15) is 81.1 Å². The summed E-state index contributed by atoms with van der Waals surface area (Å²) < 4.78 is 133. The normalized spacial score (nSPS) is 38.2. The topological polar surface area (TPSA) is 325 Å². The third-order valence-electron chi connectivity index (χ3n) is 13.9. The van der Waals surface area contributed by atoms with Crippen molar-refractivity contribution in [2.45, 2.75) is 233 Å². The Labute approximate surface area is 442 Å². The number of carbonyl (C=O) groups excluding carboxylic acids is 4. The fourth-order valence-electron chi connectivity index (χ4n) is 10.9. The zero-order valence-corrected chi connectivity index (χ0v) is 45.0. The van der Waals surface area contributed by atoms with Gasteiger partial charge in [-0.15, -0.1) is 0 Å². The molecule has 77 heavy (non-hydrogen) atoms. The number of carbonyl (C=O) groups is 5. The molecule has 4 unspecified atom stereocenters. The van der Waals surface area contributed by atoms with Crippen molar-refractivity contribution in [3.63, 3.8) is 0 Å². The highest BCUT2D eigenvalue weighted by Crippen LogP contribution is 2.44. The van der Waals surface area contributed by atoms with E-state index in [9.17, 15) is 32.3 Å². The molecule has 30 heteroatoms. The highest BCUT2D eigenvalue weighted by molar-refractivity contribution is 5.82. The van der Waals surface area contributed by atoms with Crippen LogP contribution in [-0.4, -0.2) is 222 Å². The van der Waals surface area contributed by atoms with Gasteiger partial charge in [0.25, 0.3) is 0 Å². The number of fused-ring (bicyclic) bond motifs is 4. The van der Waals surface area contributed by atoms with Crippen LogP contribution >= 0.6 is 0 Å². The van der Waals surface area contributed by atoms with Gasteiger partial charge in [-0.2, -0.15) is 13.2 Å². The summed E-state index contributed by atoms with van der Waals surface area (Å²) in [4.78, 5) is 64.9. The molecule has 0 aromatic heterocycles. The Bertz CT molecular complexity index is 2120. The van der Waals surface area contributed by atoms with E-state index in [-0.39, 0.29) is 12.8 Å². The molecule has 8 aliphatic heterocycles. The Balaban J connectivity index is 0.00000115. The van der Waals surface area contributed by atoms with E-state index in [0.29, 0.717) is 0 Å². The smallest absolute Gasteiger partial charge is 0.475 e. The van der Waals surface area contributed by atoms with Gasteiger partial charge >= 0.3 is 18.1 Å². The van der Waals surface area contributed by atoms with E-state index in [0.717, 1.165) is 0 Å². The molecule has 440 valence electrons. The fourth-order valence-corrected chi connectivity index (χ4v) is 10.9. The average molecular weight is 1120 g/mol. The molecule has 8 rings (SSSR count). The van der Waals surface area contributed by atoms with Crippen LogP contribution < -0.4 is 21.7 Å². The van der Waals surface area contributed by atoms with Gasteiger partial charge in [-0.3, -0.25) is 19.2 Å². The Hall–Kier alpha value is -3.54. The SMILES string of the molecule is COC(=O)CC(NC(=O)CC(NC(=O)CC(NC(=O)CC(N)[C@@H]1O[C@@H]2OC(C)(C)O[C@@H]2[C@H]1OC)[C@H]1O[C@@H]2OC(C)(C)O[C@@H]2[C@H]1OC)[C@@H]1O[C@@H]2OC(C)(C)O[C@@H]2[C@H]1OC)[C@H]1O[C@@H]2OC(C)(C)O[C@@H]2[C@H]1OC.O=C(O)C(F)(F)F. The maximum Gasteiger partial charge on any atom is 0.490 e. The number of halogens is 3. The molecule has 0 aromatic carbocycles. The number of ether oxygens (including phenoxy) is 17. The molecule has 6 N–H and O–H groups in total. The molecule has 0 aliphatic carbocycles. The summed E-state index contributed by atoms with van der Waals surface area (Å²) >= 11 is 0. The summed E-state index contributed by atoms with van der Waals surface area (Å²) in [6.07, 6.45) is -19.4. The highest BCUT2D eigenvalue weighted by atomic mass is 19.4. The number of aliphatic carboxylic acids is 1. The standard InChI is InChI=1S/C45H72N4O21.C2HF3O2/c1-42(2)63-34-30(55-10)26(59-38(34)67-42)18(46)14-22(50)47-19(27-31(56-11)35-39(60-27)68-43(3,4)64-35)15-23(51)48-20(28-32(57-12)36-40(61-28)69-44(5,6)65-36)16-24(52)49-21(17-25(53)54-9)29-33(58-13)37-41(62-29)70-45(7,8)66-37;3-2(4,5)1(6)7/h18-21,26-41H,14-17,46H2,1-13H3,(H,47,50)(H,48,51)(H,49,52);(H,6,7)/t18?,19?,20?,21?,26-,27+,28-,29+,30-,31-,32-,33-,34+,35+,36+,37+,38+,39+,40+,41+;/m0./s1. The maximum absolute atomic E-state index is 14.6. The van der Waals surface area contributed by atoms with Crippen molar-refractivity contribution in [1.82, 2.24) is 16.0 Å². The van der Waals surface area contributed by atoms with Gasteiger partial charge in [0.2, 0.25) is 17.7 Å². The molecule has 0 spiro atoms. The fraction of sp³-hybridized carbons (Fsp3) is 0.894. The van der Waals surface area contributed by atoms with Crippen molar-refractivity contribution in [3.8, 4) is 0 Å². The monoisotopic (exact) mass is 1120 g/mol. The molecule has 0 bridgehead atoms. The van der Waals surface area contributed by atoms with E-state index in [1.54, 1.807) is 55.4 Å². The molecule has 0 aromatic rings. The number of nitrogens with two attached hydrogens (primary N) is 1. The van der Waals surface area contributed by atoms with Gasteiger partial charge in [0.1, 0.15) is 73.2 Å². The Morgan fingerprint density at radius 1 is 0.481 bits per heavy atom. The van der Waals surface area contributed by atoms with Crippen LogP contribution in [-0.2, 0) is 104 Å². The van der Waals surface area contributed by atoms with Crippen LogP contribution in [0.4, 0.5) is 13.2 Å². The summed E-state index contributed by atoms with van der Waals surface area (Å²) in [5.41, 5.74) is 6.64. The van der Waals surface area contributed by atoms with Gasteiger partial charge in [-0.05, 0) is 55.4 Å². The van der Waals surface area contributed by atoms with Crippen LogP contribution in [0.15, 0.2) is 0 Å². The predicted molar refractivity (Wildman–Crippen MR) is 246 cm³/mol. The quantitative estimate of drug-likeness (QED) is 0.104. The first kappa shape index (κ1) is 61.1. The molecule has 8 saturated heterocycles. The van der Waals surface area contributed by atoms with Crippen LogP contribution in [0.5, 0.6) is 0 Å². The molecule has 8 fully saturated rings. The Morgan fingerprint density at radius 3 is 1.01 bits per heavy atom. The second-order valence-corrected chi connectivity index (χ2v) is 21.5. The second-order valence-electron chi connectivity index (χ2n) is 21.5. The summed E-state index contributed by atoms with van der Waals surface area (Å²) in [5, 5.41) is 16.0. The van der Waals surface area contributed by atoms with E-state index in [1.807, 2.05) is 0 Å². The van der Waals surface area contributed by atoms with Gasteiger partial charge < -0.3 is 107 Å². The first-order valence-electron chi connectivity index (χ1n) is 25.0. The van der Waals surface area contributed by atoms with Gasteiger partial charge in [0.05, 0.1) is 31.7 Å². The molecule has 0 radical (unpaired) electrons. The Kier molecular flexibility index (Phi) is 18.6. The minimum absolute atomic E-state index is 0.269. The van der Waals surface area contributed by atoms with E-state index >= 15 is 0 Å².